The van der Waals surface area contributed by atoms with E-state index in [4.69, 9.17) is 0 Å². The van der Waals surface area contributed by atoms with E-state index >= 15 is 0 Å². The van der Waals surface area contributed by atoms with Crippen LogP contribution in [0.25, 0.3) is 11.1 Å². The number of carbonyl (C=O) groups excluding carboxylic acids is 1. The van der Waals surface area contributed by atoms with Crippen LogP contribution in [0.15, 0.2) is 42.5 Å². The highest BCUT2D eigenvalue weighted by Gasteiger charge is 2.26. The van der Waals surface area contributed by atoms with Crippen molar-refractivity contribution in [2.75, 3.05) is 51.6 Å². The van der Waals surface area contributed by atoms with Gasteiger partial charge in [-0.2, -0.15) is 0 Å². The summed E-state index contributed by atoms with van der Waals surface area (Å²) in [5, 5.41) is 3.54. The lowest BCUT2D eigenvalue weighted by atomic mass is 9.95. The van der Waals surface area contributed by atoms with Crippen molar-refractivity contribution in [2.45, 2.75) is 12.8 Å². The van der Waals surface area contributed by atoms with Crippen LogP contribution in [0.4, 0.5) is 5.69 Å². The molecule has 4 heteroatoms. The molecule has 0 saturated carbocycles. The Morgan fingerprint density at radius 1 is 0.962 bits per heavy atom. The van der Waals surface area contributed by atoms with Crippen molar-refractivity contribution in [1.29, 1.82) is 0 Å². The molecule has 1 saturated heterocycles. The second kappa shape index (κ2) is 7.60. The van der Waals surface area contributed by atoms with E-state index in [1.165, 1.54) is 16.7 Å². The molecule has 0 bridgehead atoms. The number of rotatable bonds is 5. The minimum absolute atomic E-state index is 0.278. The smallest absolute Gasteiger partial charge is 0.165 e. The summed E-state index contributed by atoms with van der Waals surface area (Å²) < 4.78 is 0. The number of ketones is 1. The molecule has 1 N–H and O–H groups in total. The molecule has 1 fully saturated rings. The fourth-order valence-corrected chi connectivity index (χ4v) is 4.05. The lowest BCUT2D eigenvalue weighted by Gasteiger charge is -2.32. The lowest BCUT2D eigenvalue weighted by Crippen LogP contribution is -2.45. The molecule has 136 valence electrons. The topological polar surface area (TPSA) is 35.6 Å². The maximum absolute atomic E-state index is 12.5. The van der Waals surface area contributed by atoms with Crippen LogP contribution in [-0.2, 0) is 6.42 Å². The number of carbonyl (C=O) groups is 1. The molecule has 2 aromatic carbocycles. The summed E-state index contributed by atoms with van der Waals surface area (Å²) in [6.45, 7) is 6.44. The minimum atomic E-state index is 0.278. The summed E-state index contributed by atoms with van der Waals surface area (Å²) in [4.78, 5) is 17.4. The Kier molecular flexibility index (Phi) is 5.05. The highest BCUT2D eigenvalue weighted by atomic mass is 16.1. The third-order valence-corrected chi connectivity index (χ3v) is 5.62. The van der Waals surface area contributed by atoms with E-state index in [2.05, 4.69) is 58.6 Å². The molecule has 0 spiro atoms. The van der Waals surface area contributed by atoms with Gasteiger partial charge in [-0.05, 0) is 36.2 Å². The Labute approximate surface area is 155 Å². The van der Waals surface area contributed by atoms with Crippen molar-refractivity contribution in [1.82, 2.24) is 9.80 Å². The Morgan fingerprint density at radius 2 is 1.73 bits per heavy atom. The molecule has 0 aromatic heterocycles. The van der Waals surface area contributed by atoms with Crippen LogP contribution in [0.1, 0.15) is 22.3 Å². The van der Waals surface area contributed by atoms with Gasteiger partial charge in [-0.1, -0.05) is 36.4 Å². The van der Waals surface area contributed by atoms with Crippen molar-refractivity contribution >= 4 is 11.5 Å². The highest BCUT2D eigenvalue weighted by molar-refractivity contribution is 6.07. The van der Waals surface area contributed by atoms with E-state index < -0.39 is 0 Å². The van der Waals surface area contributed by atoms with E-state index in [1.807, 2.05) is 6.07 Å². The molecule has 0 radical (unpaired) electrons. The molecular weight excluding hydrogens is 322 g/mol. The first-order valence-corrected chi connectivity index (χ1v) is 9.61. The number of nitrogens with one attached hydrogen (secondary N) is 1. The number of anilines is 1. The Morgan fingerprint density at radius 3 is 2.50 bits per heavy atom. The van der Waals surface area contributed by atoms with Crippen LogP contribution in [0.2, 0.25) is 0 Å². The molecule has 1 heterocycles. The van der Waals surface area contributed by atoms with Gasteiger partial charge in [0.15, 0.2) is 5.78 Å². The Bertz CT molecular complexity index is 779. The number of hydrogen-bond acceptors (Lipinski definition) is 4. The number of likely N-dealkylation sites (N-methyl/N-ethyl adjacent to an activating group) is 1. The van der Waals surface area contributed by atoms with Gasteiger partial charge in [-0.15, -0.1) is 0 Å². The van der Waals surface area contributed by atoms with Gasteiger partial charge in [0.05, 0.1) is 0 Å². The fraction of sp³-hybridized carbons (Fsp3) is 0.409. The zero-order chi connectivity index (χ0) is 17.9. The molecule has 0 amide bonds. The van der Waals surface area contributed by atoms with Crippen molar-refractivity contribution in [3.05, 3.63) is 53.6 Å². The third kappa shape index (κ3) is 3.53. The molecule has 4 rings (SSSR count). The summed E-state index contributed by atoms with van der Waals surface area (Å²) in [5.41, 5.74) is 5.55. The maximum atomic E-state index is 12.5. The first kappa shape index (κ1) is 17.3. The number of piperazine rings is 1. The molecule has 4 nitrogen and oxygen atoms in total. The number of Topliss-reactive ketones (excluding diaryl/α,β-unsaturated/α-hetero) is 1. The Balaban J connectivity index is 1.49. The van der Waals surface area contributed by atoms with Gasteiger partial charge >= 0.3 is 0 Å². The fourth-order valence-electron chi connectivity index (χ4n) is 4.05. The Hall–Kier alpha value is -2.17. The molecule has 0 unspecified atom stereocenters. The van der Waals surface area contributed by atoms with Crippen LogP contribution in [0.3, 0.4) is 0 Å². The van der Waals surface area contributed by atoms with Crippen molar-refractivity contribution in [3.63, 3.8) is 0 Å². The molecule has 1 aliphatic carbocycles. The SMILES string of the molecule is CN1CCN(CCNc2ccc(-c3ccccc3)c3c2C(=O)CC3)CC1. The van der Waals surface area contributed by atoms with E-state index in [-0.39, 0.29) is 5.78 Å². The predicted molar refractivity (Wildman–Crippen MR) is 107 cm³/mol. The summed E-state index contributed by atoms with van der Waals surface area (Å²) in [7, 11) is 2.18. The maximum Gasteiger partial charge on any atom is 0.165 e. The minimum Gasteiger partial charge on any atom is -0.383 e. The van der Waals surface area contributed by atoms with E-state index in [0.29, 0.717) is 6.42 Å². The van der Waals surface area contributed by atoms with E-state index in [0.717, 1.165) is 56.9 Å². The van der Waals surface area contributed by atoms with Gasteiger partial charge < -0.3 is 10.2 Å². The van der Waals surface area contributed by atoms with Crippen molar-refractivity contribution < 1.29 is 4.79 Å². The van der Waals surface area contributed by atoms with Gasteiger partial charge in [0.25, 0.3) is 0 Å². The van der Waals surface area contributed by atoms with Crippen molar-refractivity contribution in [3.8, 4) is 11.1 Å². The average Bonchev–Trinajstić information content (AvgIpc) is 3.06. The zero-order valence-corrected chi connectivity index (χ0v) is 15.5. The van der Waals surface area contributed by atoms with Gasteiger partial charge in [0.1, 0.15) is 0 Å². The van der Waals surface area contributed by atoms with Crippen LogP contribution < -0.4 is 5.32 Å². The van der Waals surface area contributed by atoms with Crippen LogP contribution in [-0.4, -0.2) is 61.9 Å². The monoisotopic (exact) mass is 349 g/mol. The van der Waals surface area contributed by atoms with E-state index in [1.54, 1.807) is 0 Å². The predicted octanol–water partition coefficient (Wildman–Crippen LogP) is 3.14. The molecular formula is C22H27N3O. The number of fused-ring (bicyclic) bond motifs is 1. The molecule has 0 atom stereocenters. The van der Waals surface area contributed by atoms with Crippen LogP contribution in [0, 0.1) is 0 Å². The summed E-state index contributed by atoms with van der Waals surface area (Å²) >= 11 is 0. The summed E-state index contributed by atoms with van der Waals surface area (Å²) in [6, 6.07) is 14.7. The molecule has 26 heavy (non-hydrogen) atoms. The van der Waals surface area contributed by atoms with E-state index in [9.17, 15) is 4.79 Å². The van der Waals surface area contributed by atoms with Gasteiger partial charge in [0, 0.05) is 56.9 Å². The second-order valence-electron chi connectivity index (χ2n) is 7.38. The quantitative estimate of drug-likeness (QED) is 0.900. The molecule has 2 aliphatic rings. The van der Waals surface area contributed by atoms with Crippen molar-refractivity contribution in [2.24, 2.45) is 0 Å². The van der Waals surface area contributed by atoms with Gasteiger partial charge in [0.2, 0.25) is 0 Å². The average molecular weight is 349 g/mol. The largest absolute Gasteiger partial charge is 0.383 e. The number of benzene rings is 2. The van der Waals surface area contributed by atoms with Crippen LogP contribution >= 0.6 is 0 Å². The summed E-state index contributed by atoms with van der Waals surface area (Å²) in [5.74, 6) is 0.278. The summed E-state index contributed by atoms with van der Waals surface area (Å²) in [6.07, 6.45) is 1.48. The van der Waals surface area contributed by atoms with Gasteiger partial charge in [-0.3, -0.25) is 9.69 Å². The normalized spacial score (nSPS) is 18.1. The lowest BCUT2D eigenvalue weighted by molar-refractivity contribution is 0.0995. The molecule has 1 aliphatic heterocycles. The first-order chi connectivity index (χ1) is 12.7. The molecule has 2 aromatic rings. The number of nitrogens with zero attached hydrogens (tertiary/aromatic N) is 2. The second-order valence-corrected chi connectivity index (χ2v) is 7.38. The van der Waals surface area contributed by atoms with Crippen LogP contribution in [0.5, 0.6) is 0 Å². The van der Waals surface area contributed by atoms with Gasteiger partial charge in [-0.25, -0.2) is 0 Å². The first-order valence-electron chi connectivity index (χ1n) is 9.61. The zero-order valence-electron chi connectivity index (χ0n) is 15.5. The third-order valence-electron chi connectivity index (χ3n) is 5.62. The number of hydrogen-bond donors (Lipinski definition) is 1. The standard InChI is InChI=1S/C22H27N3O/c1-24-13-15-25(16-14-24)12-11-23-20-9-7-18(17-5-3-2-4-6-17)19-8-10-21(26)22(19)20/h2-7,9,23H,8,10-16H2,1H3. The highest BCUT2D eigenvalue weighted by Crippen LogP contribution is 2.36.